The second-order valence-corrected chi connectivity index (χ2v) is 10.8. The first-order valence-electron chi connectivity index (χ1n) is 12.3. The Labute approximate surface area is 234 Å². The van der Waals surface area contributed by atoms with Crippen molar-refractivity contribution < 1.29 is 28.2 Å². The number of halogens is 3. The first-order valence-corrected chi connectivity index (χ1v) is 14.0. The van der Waals surface area contributed by atoms with E-state index in [1.165, 1.54) is 17.4 Å². The molecule has 204 valence electrons. The van der Waals surface area contributed by atoms with Crippen LogP contribution in [-0.4, -0.2) is 44.3 Å². The number of carboxylic acids is 1. The number of carboxylic acid groups (broad SMARTS) is 1. The average Bonchev–Trinajstić information content (AvgIpc) is 3.60. The predicted molar refractivity (Wildman–Crippen MR) is 142 cm³/mol. The molecule has 0 saturated heterocycles. The molecule has 0 fully saturated rings. The minimum atomic E-state index is -1.07. The fraction of sp³-hybridized carbons (Fsp3) is 0.346. The Hall–Kier alpha value is -3.45. The van der Waals surface area contributed by atoms with Crippen LogP contribution >= 0.6 is 27.3 Å². The Morgan fingerprint density at radius 3 is 2.87 bits per heavy atom. The highest BCUT2D eigenvalue weighted by Crippen LogP contribution is 2.41. The van der Waals surface area contributed by atoms with Crippen LogP contribution in [0.3, 0.4) is 0 Å². The van der Waals surface area contributed by atoms with Crippen molar-refractivity contribution >= 4 is 45.0 Å². The van der Waals surface area contributed by atoms with Gasteiger partial charge in [-0.1, -0.05) is 6.07 Å². The number of ether oxygens (including phenoxy) is 1. The lowest BCUT2D eigenvalue weighted by molar-refractivity contribution is -0.139. The van der Waals surface area contributed by atoms with Gasteiger partial charge in [0, 0.05) is 29.4 Å². The number of nitrogens with zero attached hydrogens (tertiary/aromatic N) is 4. The van der Waals surface area contributed by atoms with Gasteiger partial charge in [0.05, 0.1) is 35.3 Å². The van der Waals surface area contributed by atoms with Gasteiger partial charge in [0.15, 0.2) is 22.5 Å². The zero-order chi connectivity index (χ0) is 27.7. The van der Waals surface area contributed by atoms with E-state index in [1.807, 2.05) is 6.20 Å². The molecule has 5 rings (SSSR count). The Kier molecular flexibility index (Phi) is 7.89. The summed E-state index contributed by atoms with van der Waals surface area (Å²) in [6.07, 6.45) is 5.23. The summed E-state index contributed by atoms with van der Waals surface area (Å²) in [5.74, 6) is -3.36. The number of aryl methyl sites for hydroxylation is 2. The summed E-state index contributed by atoms with van der Waals surface area (Å²) in [4.78, 5) is 33.5. The van der Waals surface area contributed by atoms with Gasteiger partial charge in [0.1, 0.15) is 6.04 Å². The summed E-state index contributed by atoms with van der Waals surface area (Å²) in [7, 11) is 0. The number of hydrogen-bond donors (Lipinski definition) is 2. The number of esters is 1. The third-order valence-corrected chi connectivity index (χ3v) is 8.23. The molecular weight excluding hydrogens is 596 g/mol. The molecule has 2 N–H and O–H groups in total. The van der Waals surface area contributed by atoms with Gasteiger partial charge >= 0.3 is 11.9 Å². The zero-order valence-corrected chi connectivity index (χ0v) is 23.2. The summed E-state index contributed by atoms with van der Waals surface area (Å²) >= 11 is 4.53. The molecular formula is C26H24BrF2N5O4S. The minimum Gasteiger partial charge on any atom is -0.481 e. The lowest BCUT2D eigenvalue weighted by Crippen LogP contribution is -2.38. The molecule has 0 bridgehead atoms. The van der Waals surface area contributed by atoms with Crippen molar-refractivity contribution in [1.29, 1.82) is 0 Å². The largest absolute Gasteiger partial charge is 0.481 e. The summed E-state index contributed by atoms with van der Waals surface area (Å²) in [6, 6.07) is 1.43. The van der Waals surface area contributed by atoms with E-state index in [2.05, 4.69) is 31.3 Å². The average molecular weight is 620 g/mol. The molecule has 3 heterocycles. The van der Waals surface area contributed by atoms with Crippen molar-refractivity contribution in [2.45, 2.75) is 45.2 Å². The molecule has 1 aromatic carbocycles. The molecule has 3 aromatic rings. The highest BCUT2D eigenvalue weighted by atomic mass is 79.9. The molecule has 2 aliphatic rings. The molecule has 0 amide bonds. The van der Waals surface area contributed by atoms with Crippen molar-refractivity contribution in [3.63, 3.8) is 0 Å². The maximum atomic E-state index is 14.7. The first-order chi connectivity index (χ1) is 18.8. The van der Waals surface area contributed by atoms with Crippen molar-refractivity contribution in [2.75, 3.05) is 6.61 Å². The summed E-state index contributed by atoms with van der Waals surface area (Å²) in [6.45, 7) is 2.07. The number of allylic oxidation sites excluding steroid dienone is 1. The number of aliphatic carboxylic acids is 1. The quantitative estimate of drug-likeness (QED) is 0.280. The molecule has 2 aromatic heterocycles. The Morgan fingerprint density at radius 2 is 2.15 bits per heavy atom. The normalized spacial score (nSPS) is 18.8. The molecule has 0 saturated carbocycles. The van der Waals surface area contributed by atoms with E-state index in [1.54, 1.807) is 23.2 Å². The van der Waals surface area contributed by atoms with E-state index in [-0.39, 0.29) is 41.1 Å². The van der Waals surface area contributed by atoms with Gasteiger partial charge in [0.2, 0.25) is 0 Å². The molecule has 1 aliphatic heterocycles. The molecule has 9 nitrogen and oxygen atoms in total. The van der Waals surface area contributed by atoms with E-state index < -0.39 is 29.6 Å². The van der Waals surface area contributed by atoms with Crippen molar-refractivity contribution in [1.82, 2.24) is 20.1 Å². The van der Waals surface area contributed by atoms with E-state index in [0.717, 1.165) is 17.3 Å². The molecule has 13 heteroatoms. The van der Waals surface area contributed by atoms with E-state index >= 15 is 0 Å². The van der Waals surface area contributed by atoms with E-state index in [9.17, 15) is 18.4 Å². The van der Waals surface area contributed by atoms with Crippen molar-refractivity contribution in [2.24, 2.45) is 10.9 Å². The van der Waals surface area contributed by atoms with Gasteiger partial charge in [-0.3, -0.25) is 14.5 Å². The molecule has 39 heavy (non-hydrogen) atoms. The van der Waals surface area contributed by atoms with E-state index in [0.29, 0.717) is 35.8 Å². The number of rotatable bonds is 8. The fourth-order valence-corrected chi connectivity index (χ4v) is 6.01. The second kappa shape index (κ2) is 11.3. The predicted octanol–water partition coefficient (Wildman–Crippen LogP) is 4.57. The molecule has 2 unspecified atom stereocenters. The van der Waals surface area contributed by atoms with Crippen LogP contribution in [0.4, 0.5) is 8.78 Å². The maximum absolute atomic E-state index is 14.7. The number of benzene rings is 1. The van der Waals surface area contributed by atoms with Crippen LogP contribution in [0.25, 0.3) is 0 Å². The lowest BCUT2D eigenvalue weighted by Gasteiger charge is -2.33. The molecule has 2 atom stereocenters. The summed E-state index contributed by atoms with van der Waals surface area (Å²) < 4.78 is 35.6. The van der Waals surface area contributed by atoms with Crippen LogP contribution in [0, 0.1) is 17.6 Å². The molecule has 1 aliphatic carbocycles. The number of nitrogens with one attached hydrogen (secondary N) is 1. The third-order valence-electron chi connectivity index (χ3n) is 6.65. The smallest absolute Gasteiger partial charge is 0.338 e. The van der Waals surface area contributed by atoms with Gasteiger partial charge in [-0.05, 0) is 59.3 Å². The number of aliphatic imine (C=N–C) groups is 1. The minimum absolute atomic E-state index is 0.0396. The highest BCUT2D eigenvalue weighted by Gasteiger charge is 2.38. The topological polar surface area (TPSA) is 119 Å². The highest BCUT2D eigenvalue weighted by molar-refractivity contribution is 9.10. The summed E-state index contributed by atoms with van der Waals surface area (Å²) in [5, 5.41) is 19.3. The Morgan fingerprint density at radius 1 is 1.33 bits per heavy atom. The van der Waals surface area contributed by atoms with Gasteiger partial charge in [-0.2, -0.15) is 5.10 Å². The van der Waals surface area contributed by atoms with Crippen LogP contribution in [0.15, 0.2) is 50.6 Å². The van der Waals surface area contributed by atoms with Gasteiger partial charge in [-0.25, -0.2) is 18.6 Å². The van der Waals surface area contributed by atoms with Crippen LogP contribution in [-0.2, 0) is 33.7 Å². The number of fused-ring (bicyclic) bond motifs is 1. The van der Waals surface area contributed by atoms with Gasteiger partial charge in [-0.15, -0.1) is 11.3 Å². The van der Waals surface area contributed by atoms with Crippen LogP contribution in [0.2, 0.25) is 0 Å². The lowest BCUT2D eigenvalue weighted by atomic mass is 9.81. The van der Waals surface area contributed by atoms with Crippen LogP contribution < -0.4 is 5.32 Å². The van der Waals surface area contributed by atoms with Gasteiger partial charge < -0.3 is 15.2 Å². The standard InChI is InChI=1S/C26H24BrF2N5O4S/c1-2-38-26(37)19-22(13-3-6-17-14(11-13)12-34(33-17)9-7-18(35)36)31-24(25-30-8-10-39-25)32-23(19)15-4-5-16(28)21(29)20(15)27/h4-5,8,10,12-13,23H,2-3,6-7,9,11H2,1H3,(H,31,32)(H,35,36). The second-order valence-electron chi connectivity index (χ2n) is 9.10. The SMILES string of the molecule is CCOC(=O)C1=C(C2CCc3nn(CCC(=O)O)cc3C2)NC(c2nccs2)=NC1c1ccc(F)c(F)c1Br. The van der Waals surface area contributed by atoms with Crippen LogP contribution in [0.1, 0.15) is 47.6 Å². The van der Waals surface area contributed by atoms with Crippen molar-refractivity contribution in [3.8, 4) is 0 Å². The Bertz CT molecular complexity index is 1490. The first kappa shape index (κ1) is 27.1. The number of carbonyl (C=O) groups excluding carboxylic acids is 1. The number of aromatic nitrogens is 3. The zero-order valence-electron chi connectivity index (χ0n) is 20.8. The monoisotopic (exact) mass is 619 g/mol. The van der Waals surface area contributed by atoms with Crippen LogP contribution in [0.5, 0.6) is 0 Å². The summed E-state index contributed by atoms with van der Waals surface area (Å²) in [5.41, 5.74) is 2.93. The maximum Gasteiger partial charge on any atom is 0.338 e. The molecule has 0 radical (unpaired) electrons. The van der Waals surface area contributed by atoms with Gasteiger partial charge in [0.25, 0.3) is 0 Å². The van der Waals surface area contributed by atoms with Crippen molar-refractivity contribution in [3.05, 3.63) is 79.1 Å². The number of hydrogen-bond acceptors (Lipinski definition) is 8. The van der Waals surface area contributed by atoms with E-state index in [4.69, 9.17) is 14.8 Å². The number of amidine groups is 1. The fourth-order valence-electron chi connectivity index (χ4n) is 4.88. The molecule has 0 spiro atoms. The Balaban J connectivity index is 1.60. The number of carbonyl (C=O) groups is 2. The number of thiazole rings is 1. The third kappa shape index (κ3) is 5.50.